The average Bonchev–Trinajstić information content (AvgIpc) is 3.88. The Hall–Kier alpha value is -7.42. The SMILES string of the molecule is C=C(/C=C\C=C/C)C1(c2ccc(N(c3ccc4c(c3)C(C)(C)c3ccccc3-4)c3ccc4c(c3)c3ccccc3n4-c3ccccc3)cc2)c2ccccc2-c2ccccc21. The molecule has 0 unspecified atom stereocenters. The molecule has 2 aliphatic carbocycles. The Morgan fingerprint density at radius 1 is 0.492 bits per heavy atom. The van der Waals surface area contributed by atoms with E-state index in [2.05, 4.69) is 236 Å². The molecule has 2 heteroatoms. The van der Waals surface area contributed by atoms with Gasteiger partial charge in [0.1, 0.15) is 0 Å². The molecule has 0 saturated carbocycles. The van der Waals surface area contributed by atoms with Crippen molar-refractivity contribution in [2.24, 2.45) is 0 Å². The fourth-order valence-corrected chi connectivity index (χ4v) is 10.6. The van der Waals surface area contributed by atoms with Crippen LogP contribution in [0.5, 0.6) is 0 Å². The molecule has 0 saturated heterocycles. The molecule has 9 aromatic rings. The molecule has 61 heavy (non-hydrogen) atoms. The maximum absolute atomic E-state index is 4.82. The second-order valence-corrected chi connectivity index (χ2v) is 16.9. The molecule has 0 fully saturated rings. The minimum Gasteiger partial charge on any atom is -0.310 e. The van der Waals surface area contributed by atoms with Gasteiger partial charge in [-0.25, -0.2) is 0 Å². The molecular formula is C59H46N2. The molecule has 0 amide bonds. The second-order valence-electron chi connectivity index (χ2n) is 16.9. The molecule has 8 aromatic carbocycles. The average molecular weight is 783 g/mol. The number of fused-ring (bicyclic) bond motifs is 9. The highest BCUT2D eigenvalue weighted by Crippen LogP contribution is 2.57. The quantitative estimate of drug-likeness (QED) is 0.139. The monoisotopic (exact) mass is 782 g/mol. The highest BCUT2D eigenvalue weighted by molar-refractivity contribution is 6.10. The molecule has 0 atom stereocenters. The van der Waals surface area contributed by atoms with Crippen LogP contribution in [0.3, 0.4) is 0 Å². The van der Waals surface area contributed by atoms with Crippen molar-refractivity contribution in [2.75, 3.05) is 4.90 Å². The number of nitrogens with zero attached hydrogens (tertiary/aromatic N) is 2. The smallest absolute Gasteiger partial charge is 0.0707 e. The van der Waals surface area contributed by atoms with Gasteiger partial charge in [-0.3, -0.25) is 0 Å². The molecule has 0 bridgehead atoms. The number of benzene rings is 8. The summed E-state index contributed by atoms with van der Waals surface area (Å²) in [7, 11) is 0. The summed E-state index contributed by atoms with van der Waals surface area (Å²) in [5, 5.41) is 2.45. The lowest BCUT2D eigenvalue weighted by Gasteiger charge is -2.35. The Balaban J connectivity index is 1.12. The Kier molecular flexibility index (Phi) is 8.47. The van der Waals surface area contributed by atoms with Gasteiger partial charge in [0, 0.05) is 38.9 Å². The van der Waals surface area contributed by atoms with Crippen LogP contribution < -0.4 is 4.90 Å². The fraction of sp³-hybridized carbons (Fsp3) is 0.0847. The van der Waals surface area contributed by atoms with Gasteiger partial charge in [-0.05, 0) is 123 Å². The van der Waals surface area contributed by atoms with E-state index in [1.165, 1.54) is 71.9 Å². The van der Waals surface area contributed by atoms with Gasteiger partial charge in [0.2, 0.25) is 0 Å². The number of anilines is 3. The van der Waals surface area contributed by atoms with E-state index in [0.717, 1.165) is 28.3 Å². The van der Waals surface area contributed by atoms with Gasteiger partial charge in [0.15, 0.2) is 0 Å². The van der Waals surface area contributed by atoms with Crippen LogP contribution in [0.15, 0.2) is 225 Å². The zero-order valence-corrected chi connectivity index (χ0v) is 34.8. The van der Waals surface area contributed by atoms with E-state index in [1.807, 2.05) is 6.92 Å². The fourth-order valence-electron chi connectivity index (χ4n) is 10.6. The Labute approximate surface area is 358 Å². The molecule has 1 aromatic heterocycles. The Morgan fingerprint density at radius 3 is 1.74 bits per heavy atom. The number of rotatable bonds is 8. The lowest BCUT2D eigenvalue weighted by molar-refractivity contribution is 0.660. The number of hydrogen-bond acceptors (Lipinski definition) is 1. The minimum atomic E-state index is -0.559. The summed E-state index contributed by atoms with van der Waals surface area (Å²) in [5.74, 6) is 0. The number of hydrogen-bond donors (Lipinski definition) is 0. The normalized spacial score (nSPS) is 14.3. The second kappa shape index (κ2) is 14.1. The summed E-state index contributed by atoms with van der Waals surface area (Å²) in [6.07, 6.45) is 8.44. The van der Waals surface area contributed by atoms with Gasteiger partial charge in [0.05, 0.1) is 16.4 Å². The molecule has 292 valence electrons. The first-order chi connectivity index (χ1) is 29.9. The van der Waals surface area contributed by atoms with E-state index in [1.54, 1.807) is 0 Å². The lowest BCUT2D eigenvalue weighted by atomic mass is 9.67. The molecule has 0 aliphatic heterocycles. The zero-order chi connectivity index (χ0) is 41.3. The van der Waals surface area contributed by atoms with E-state index in [-0.39, 0.29) is 5.41 Å². The van der Waals surface area contributed by atoms with Gasteiger partial charge in [0.25, 0.3) is 0 Å². The van der Waals surface area contributed by atoms with Gasteiger partial charge in [-0.1, -0.05) is 172 Å². The van der Waals surface area contributed by atoms with Crippen molar-refractivity contribution < 1.29 is 0 Å². The van der Waals surface area contributed by atoms with Crippen LogP contribution >= 0.6 is 0 Å². The molecule has 0 spiro atoms. The maximum Gasteiger partial charge on any atom is 0.0707 e. The van der Waals surface area contributed by atoms with Crippen LogP contribution in [0.25, 0.3) is 49.7 Å². The van der Waals surface area contributed by atoms with E-state index >= 15 is 0 Å². The summed E-state index contributed by atoms with van der Waals surface area (Å²) in [4.78, 5) is 2.45. The van der Waals surface area contributed by atoms with Crippen LogP contribution in [-0.2, 0) is 10.8 Å². The topological polar surface area (TPSA) is 8.17 Å². The van der Waals surface area contributed by atoms with Crippen molar-refractivity contribution in [3.8, 4) is 27.9 Å². The minimum absolute atomic E-state index is 0.138. The Bertz CT molecular complexity index is 3200. The van der Waals surface area contributed by atoms with Crippen LogP contribution in [0.2, 0.25) is 0 Å². The predicted octanol–water partition coefficient (Wildman–Crippen LogP) is 15.6. The molecule has 2 nitrogen and oxygen atoms in total. The first kappa shape index (κ1) is 36.6. The summed E-state index contributed by atoms with van der Waals surface area (Å²) >= 11 is 0. The molecule has 2 aliphatic rings. The van der Waals surface area contributed by atoms with Crippen LogP contribution in [0.4, 0.5) is 17.1 Å². The predicted molar refractivity (Wildman–Crippen MR) is 258 cm³/mol. The van der Waals surface area contributed by atoms with Crippen LogP contribution in [0.1, 0.15) is 48.6 Å². The van der Waals surface area contributed by atoms with Crippen LogP contribution in [-0.4, -0.2) is 4.57 Å². The summed E-state index contributed by atoms with van der Waals surface area (Å²) < 4.78 is 2.39. The van der Waals surface area contributed by atoms with Crippen molar-refractivity contribution in [3.05, 3.63) is 252 Å². The summed E-state index contributed by atoms with van der Waals surface area (Å²) in [5.41, 5.74) is 18.8. The number of aromatic nitrogens is 1. The zero-order valence-electron chi connectivity index (χ0n) is 34.8. The van der Waals surface area contributed by atoms with Crippen molar-refractivity contribution in [3.63, 3.8) is 0 Å². The highest BCUT2D eigenvalue weighted by atomic mass is 15.1. The third-order valence-corrected chi connectivity index (χ3v) is 13.3. The van der Waals surface area contributed by atoms with Crippen molar-refractivity contribution in [1.29, 1.82) is 0 Å². The van der Waals surface area contributed by atoms with Gasteiger partial charge in [-0.2, -0.15) is 0 Å². The largest absolute Gasteiger partial charge is 0.310 e. The van der Waals surface area contributed by atoms with Crippen LogP contribution in [0, 0.1) is 0 Å². The third kappa shape index (κ3) is 5.42. The molecule has 1 heterocycles. The van der Waals surface area contributed by atoms with Gasteiger partial charge < -0.3 is 9.47 Å². The van der Waals surface area contributed by atoms with Crippen molar-refractivity contribution >= 4 is 38.9 Å². The Morgan fingerprint density at radius 2 is 1.03 bits per heavy atom. The highest BCUT2D eigenvalue weighted by Gasteiger charge is 2.46. The molecule has 0 radical (unpaired) electrons. The first-order valence-electron chi connectivity index (χ1n) is 21.3. The summed E-state index contributed by atoms with van der Waals surface area (Å²) in [6.45, 7) is 11.6. The maximum atomic E-state index is 4.82. The third-order valence-electron chi connectivity index (χ3n) is 13.3. The van der Waals surface area contributed by atoms with Gasteiger partial charge >= 0.3 is 0 Å². The lowest BCUT2D eigenvalue weighted by Crippen LogP contribution is -2.28. The van der Waals surface area contributed by atoms with E-state index in [0.29, 0.717) is 0 Å². The van der Waals surface area contributed by atoms with E-state index < -0.39 is 5.41 Å². The van der Waals surface area contributed by atoms with E-state index in [4.69, 9.17) is 6.58 Å². The first-order valence-corrected chi connectivity index (χ1v) is 21.3. The van der Waals surface area contributed by atoms with E-state index in [9.17, 15) is 0 Å². The van der Waals surface area contributed by atoms with Crippen molar-refractivity contribution in [2.45, 2.75) is 31.6 Å². The standard InChI is InChI=1S/C59H46N2/c1-5-6-8-19-40(2)59(53-27-16-12-23-47(53)48-24-13-17-28-54(48)59)41-30-32-43(33-31-41)60(45-34-36-49-46-22-11-15-26-52(46)58(3,4)55(49)39-45)44-35-37-57-51(38-44)50-25-14-18-29-56(50)61(57)42-20-9-7-10-21-42/h5-39H,2H2,1,3-4H3/b6-5-,19-8-. The van der Waals surface area contributed by atoms with Gasteiger partial charge in [-0.15, -0.1) is 0 Å². The molecule has 11 rings (SSSR count). The summed E-state index contributed by atoms with van der Waals surface area (Å²) in [6, 6.07) is 69.4. The molecule has 0 N–H and O–H groups in total. The molecular weight excluding hydrogens is 737 g/mol. The number of allylic oxidation sites excluding steroid dienone is 5. The van der Waals surface area contributed by atoms with Crippen molar-refractivity contribution in [1.82, 2.24) is 4.57 Å². The number of para-hydroxylation sites is 2.